The molecule has 4 nitrogen and oxygen atoms in total. The van der Waals surface area contributed by atoms with Gasteiger partial charge in [-0.25, -0.2) is 4.79 Å². The van der Waals surface area contributed by atoms with Gasteiger partial charge in [0.2, 0.25) is 0 Å². The molecule has 3 aliphatic rings. The molecule has 1 aliphatic carbocycles. The van der Waals surface area contributed by atoms with Gasteiger partial charge in [0, 0.05) is 13.2 Å². The van der Waals surface area contributed by atoms with Crippen LogP contribution in [0.2, 0.25) is 0 Å². The molecule has 2 amide bonds. The molecule has 2 aliphatic heterocycles. The summed E-state index contributed by atoms with van der Waals surface area (Å²) in [5.41, 5.74) is -0.161. The SMILES string of the molecule is O=C(NC[C@H]1C[C@@H]1C(F)(F)F)N1CC2(CCCO2)C1. The summed E-state index contributed by atoms with van der Waals surface area (Å²) in [6.45, 7) is 1.98. The largest absolute Gasteiger partial charge is 0.392 e. The van der Waals surface area contributed by atoms with E-state index in [1.54, 1.807) is 4.90 Å². The van der Waals surface area contributed by atoms with Gasteiger partial charge < -0.3 is 15.0 Å². The molecule has 0 radical (unpaired) electrons. The van der Waals surface area contributed by atoms with E-state index < -0.39 is 18.0 Å². The van der Waals surface area contributed by atoms with Crippen LogP contribution in [0, 0.1) is 11.8 Å². The maximum atomic E-state index is 12.3. The van der Waals surface area contributed by atoms with Crippen LogP contribution in [0.15, 0.2) is 0 Å². The number of likely N-dealkylation sites (tertiary alicyclic amines) is 1. The quantitative estimate of drug-likeness (QED) is 0.836. The first kappa shape index (κ1) is 13.0. The number of urea groups is 1. The second-order valence-corrected chi connectivity index (χ2v) is 5.82. The molecule has 1 saturated carbocycles. The number of nitrogens with zero attached hydrogens (tertiary/aromatic N) is 1. The molecule has 3 fully saturated rings. The van der Waals surface area contributed by atoms with Crippen LogP contribution in [0.1, 0.15) is 19.3 Å². The second-order valence-electron chi connectivity index (χ2n) is 5.82. The maximum absolute atomic E-state index is 12.3. The lowest BCUT2D eigenvalue weighted by atomic mass is 9.91. The average Bonchev–Trinajstić information content (AvgIpc) is 2.91. The maximum Gasteiger partial charge on any atom is 0.392 e. The van der Waals surface area contributed by atoms with Gasteiger partial charge in [-0.2, -0.15) is 13.2 Å². The van der Waals surface area contributed by atoms with Crippen molar-refractivity contribution >= 4 is 6.03 Å². The molecule has 0 aromatic heterocycles. The molecule has 0 aromatic rings. The Balaban J connectivity index is 1.37. The number of carbonyl (C=O) groups is 1. The number of hydrogen-bond acceptors (Lipinski definition) is 2. The first-order chi connectivity index (χ1) is 8.90. The summed E-state index contributed by atoms with van der Waals surface area (Å²) < 4.78 is 42.5. The number of rotatable bonds is 2. The molecule has 108 valence electrons. The van der Waals surface area contributed by atoms with E-state index in [0.29, 0.717) is 13.1 Å². The van der Waals surface area contributed by atoms with Crippen molar-refractivity contribution in [2.45, 2.75) is 31.0 Å². The standard InChI is InChI=1S/C12H17F3N2O2/c13-12(14,15)9-4-8(9)5-16-10(18)17-6-11(7-17)2-1-3-19-11/h8-9H,1-7H2,(H,16,18)/t8-,9+/m1/s1. The molecule has 1 N–H and O–H groups in total. The Morgan fingerprint density at radius 3 is 2.68 bits per heavy atom. The van der Waals surface area contributed by atoms with Gasteiger partial charge in [-0.1, -0.05) is 0 Å². The summed E-state index contributed by atoms with van der Waals surface area (Å²) >= 11 is 0. The molecular formula is C12H17F3N2O2. The van der Waals surface area contributed by atoms with Gasteiger partial charge in [-0.15, -0.1) is 0 Å². The van der Waals surface area contributed by atoms with Crippen LogP contribution in [0.4, 0.5) is 18.0 Å². The predicted molar refractivity (Wildman–Crippen MR) is 60.5 cm³/mol. The van der Waals surface area contributed by atoms with Crippen molar-refractivity contribution in [1.82, 2.24) is 10.2 Å². The van der Waals surface area contributed by atoms with Gasteiger partial charge in [0.25, 0.3) is 0 Å². The van der Waals surface area contributed by atoms with E-state index in [1.807, 2.05) is 0 Å². The Hall–Kier alpha value is -0.980. The van der Waals surface area contributed by atoms with Gasteiger partial charge in [0.15, 0.2) is 0 Å². The van der Waals surface area contributed by atoms with Crippen molar-refractivity contribution < 1.29 is 22.7 Å². The summed E-state index contributed by atoms with van der Waals surface area (Å²) in [4.78, 5) is 13.3. The van der Waals surface area contributed by atoms with Crippen molar-refractivity contribution in [2.75, 3.05) is 26.2 Å². The molecular weight excluding hydrogens is 261 g/mol. The highest BCUT2D eigenvalue weighted by atomic mass is 19.4. The fourth-order valence-corrected chi connectivity index (χ4v) is 3.00. The van der Waals surface area contributed by atoms with Crippen LogP contribution in [0.25, 0.3) is 0 Å². The van der Waals surface area contributed by atoms with E-state index in [1.165, 1.54) is 0 Å². The van der Waals surface area contributed by atoms with E-state index in [4.69, 9.17) is 4.74 Å². The van der Waals surface area contributed by atoms with Crippen molar-refractivity contribution in [3.8, 4) is 0 Å². The van der Waals surface area contributed by atoms with E-state index in [2.05, 4.69) is 5.32 Å². The molecule has 0 unspecified atom stereocenters. The molecule has 3 rings (SSSR count). The molecule has 2 heterocycles. The number of nitrogens with one attached hydrogen (secondary N) is 1. The van der Waals surface area contributed by atoms with Gasteiger partial charge in [0.1, 0.15) is 5.60 Å². The van der Waals surface area contributed by atoms with Gasteiger partial charge in [0.05, 0.1) is 19.0 Å². The van der Waals surface area contributed by atoms with E-state index >= 15 is 0 Å². The topological polar surface area (TPSA) is 41.6 Å². The number of ether oxygens (including phenoxy) is 1. The minimum absolute atomic E-state index is 0.118. The summed E-state index contributed by atoms with van der Waals surface area (Å²) in [5.74, 6) is -1.67. The van der Waals surface area contributed by atoms with Gasteiger partial charge in [-0.3, -0.25) is 0 Å². The second kappa shape index (κ2) is 4.26. The van der Waals surface area contributed by atoms with E-state index in [-0.39, 0.29) is 24.6 Å². The average molecular weight is 278 g/mol. The Morgan fingerprint density at radius 2 is 2.16 bits per heavy atom. The zero-order valence-corrected chi connectivity index (χ0v) is 10.5. The lowest BCUT2D eigenvalue weighted by molar-refractivity contribution is -0.150. The van der Waals surface area contributed by atoms with Gasteiger partial charge in [-0.05, 0) is 25.2 Å². The monoisotopic (exact) mass is 278 g/mol. The molecule has 2 atom stereocenters. The van der Waals surface area contributed by atoms with Gasteiger partial charge >= 0.3 is 12.2 Å². The van der Waals surface area contributed by atoms with Crippen LogP contribution in [-0.2, 0) is 4.74 Å². The lowest BCUT2D eigenvalue weighted by Crippen LogP contribution is -2.65. The highest BCUT2D eigenvalue weighted by molar-refractivity contribution is 5.75. The third-order valence-corrected chi connectivity index (χ3v) is 4.29. The molecule has 0 aromatic carbocycles. The summed E-state index contributed by atoms with van der Waals surface area (Å²) in [6.07, 6.45) is -1.99. The minimum atomic E-state index is -4.12. The van der Waals surface area contributed by atoms with Crippen LogP contribution >= 0.6 is 0 Å². The number of halogens is 3. The highest BCUT2D eigenvalue weighted by Crippen LogP contribution is 2.49. The van der Waals surface area contributed by atoms with Crippen LogP contribution in [-0.4, -0.2) is 48.9 Å². The molecule has 1 spiro atoms. The summed E-state index contributed by atoms with van der Waals surface area (Å²) in [7, 11) is 0. The first-order valence-electron chi connectivity index (χ1n) is 6.63. The fraction of sp³-hybridized carbons (Fsp3) is 0.917. The van der Waals surface area contributed by atoms with Crippen LogP contribution in [0.5, 0.6) is 0 Å². The van der Waals surface area contributed by atoms with Crippen molar-refractivity contribution in [2.24, 2.45) is 11.8 Å². The first-order valence-corrected chi connectivity index (χ1v) is 6.63. The Kier molecular flexibility index (Phi) is 2.92. The normalized spacial score (nSPS) is 32.3. The Morgan fingerprint density at radius 1 is 1.42 bits per heavy atom. The molecule has 7 heteroatoms. The van der Waals surface area contributed by atoms with E-state index in [0.717, 1.165) is 19.4 Å². The van der Waals surface area contributed by atoms with Crippen molar-refractivity contribution in [1.29, 1.82) is 0 Å². The fourth-order valence-electron chi connectivity index (χ4n) is 3.00. The zero-order valence-electron chi connectivity index (χ0n) is 10.5. The van der Waals surface area contributed by atoms with Crippen molar-refractivity contribution in [3.05, 3.63) is 0 Å². The Bertz CT molecular complexity index is 372. The lowest BCUT2D eigenvalue weighted by Gasteiger charge is -2.46. The number of amides is 2. The smallest absolute Gasteiger partial charge is 0.371 e. The zero-order chi connectivity index (χ0) is 13.7. The molecule has 0 bridgehead atoms. The third-order valence-electron chi connectivity index (χ3n) is 4.29. The number of alkyl halides is 3. The number of hydrogen-bond donors (Lipinski definition) is 1. The minimum Gasteiger partial charge on any atom is -0.371 e. The third kappa shape index (κ3) is 2.52. The summed E-state index contributed by atoms with van der Waals surface area (Å²) in [5, 5.41) is 2.59. The summed E-state index contributed by atoms with van der Waals surface area (Å²) in [6, 6.07) is -0.269. The number of carbonyl (C=O) groups excluding carboxylic acids is 1. The molecule has 2 saturated heterocycles. The Labute approximate surface area is 109 Å². The molecule has 19 heavy (non-hydrogen) atoms. The van der Waals surface area contributed by atoms with Crippen LogP contribution < -0.4 is 5.32 Å². The predicted octanol–water partition coefficient (Wildman–Crippen LogP) is 1.76. The van der Waals surface area contributed by atoms with Crippen molar-refractivity contribution in [3.63, 3.8) is 0 Å². The van der Waals surface area contributed by atoms with Crippen LogP contribution in [0.3, 0.4) is 0 Å². The highest BCUT2D eigenvalue weighted by Gasteiger charge is 2.55. The van der Waals surface area contributed by atoms with E-state index in [9.17, 15) is 18.0 Å².